The number of nitrogens with two attached hydrogens (primary N) is 1. The molecule has 2 amide bonds. The lowest BCUT2D eigenvalue weighted by Crippen LogP contribution is -2.55. The van der Waals surface area contributed by atoms with Gasteiger partial charge in [-0.2, -0.15) is 8.78 Å². The third-order valence-corrected chi connectivity index (χ3v) is 6.37. The van der Waals surface area contributed by atoms with Crippen LogP contribution in [0.15, 0.2) is 18.2 Å². The van der Waals surface area contributed by atoms with Crippen LogP contribution < -0.4 is 20.7 Å². The Morgan fingerprint density at radius 1 is 1.31 bits per heavy atom. The Balaban J connectivity index is 1.52. The number of morpholine rings is 1. The molecule has 1 atom stereocenters. The Morgan fingerprint density at radius 3 is 2.69 bits per heavy atom. The van der Waals surface area contributed by atoms with E-state index in [1.54, 1.807) is 6.07 Å². The zero-order valence-corrected chi connectivity index (χ0v) is 18.0. The molecule has 10 heteroatoms. The number of anilines is 2. The van der Waals surface area contributed by atoms with Crippen molar-refractivity contribution in [2.45, 2.75) is 50.8 Å². The Labute approximate surface area is 186 Å². The molecule has 3 fully saturated rings. The molecule has 1 saturated heterocycles. The molecule has 2 aliphatic carbocycles. The van der Waals surface area contributed by atoms with Crippen LogP contribution in [0.1, 0.15) is 32.1 Å². The minimum absolute atomic E-state index is 0.0697. The van der Waals surface area contributed by atoms with Crippen molar-refractivity contribution >= 4 is 23.2 Å². The molecular formula is C22H30F2N4O4. The molecule has 0 bridgehead atoms. The second-order valence-electron chi connectivity index (χ2n) is 8.62. The van der Waals surface area contributed by atoms with E-state index >= 15 is 0 Å². The van der Waals surface area contributed by atoms with Crippen molar-refractivity contribution in [3.63, 3.8) is 0 Å². The summed E-state index contributed by atoms with van der Waals surface area (Å²) in [7, 11) is 0. The summed E-state index contributed by atoms with van der Waals surface area (Å²) >= 11 is 0. The number of rotatable bonds is 10. The van der Waals surface area contributed by atoms with Gasteiger partial charge in [0.2, 0.25) is 5.91 Å². The summed E-state index contributed by atoms with van der Waals surface area (Å²) in [4.78, 5) is 28.9. The average molecular weight is 453 g/mol. The lowest BCUT2D eigenvalue weighted by atomic mass is 9.89. The molecule has 32 heavy (non-hydrogen) atoms. The first kappa shape index (κ1) is 22.9. The number of ether oxygens (including phenoxy) is 2. The number of nitrogens with one attached hydrogen (secondary N) is 1. The summed E-state index contributed by atoms with van der Waals surface area (Å²) in [6, 6.07) is 4.22. The van der Waals surface area contributed by atoms with Crippen molar-refractivity contribution in [3.05, 3.63) is 18.2 Å². The fraction of sp³-hybridized carbons (Fsp3) is 0.636. The second-order valence-corrected chi connectivity index (χ2v) is 8.62. The zero-order chi connectivity index (χ0) is 22.7. The summed E-state index contributed by atoms with van der Waals surface area (Å²) in [5.41, 5.74) is 6.52. The molecule has 8 nitrogen and oxygen atoms in total. The van der Waals surface area contributed by atoms with Crippen LogP contribution in [0.3, 0.4) is 0 Å². The predicted octanol–water partition coefficient (Wildman–Crippen LogP) is 2.18. The normalized spacial score (nSPS) is 20.4. The number of alkyl halides is 2. The molecule has 2 saturated carbocycles. The summed E-state index contributed by atoms with van der Waals surface area (Å²) in [5.74, 6) is -0.205. The zero-order valence-electron chi connectivity index (χ0n) is 18.0. The van der Waals surface area contributed by atoms with E-state index in [0.29, 0.717) is 30.8 Å². The van der Waals surface area contributed by atoms with Gasteiger partial charge in [0, 0.05) is 37.4 Å². The van der Waals surface area contributed by atoms with Gasteiger partial charge in [-0.3, -0.25) is 14.5 Å². The van der Waals surface area contributed by atoms with E-state index in [-0.39, 0.29) is 36.4 Å². The van der Waals surface area contributed by atoms with Crippen molar-refractivity contribution in [3.8, 4) is 5.75 Å². The van der Waals surface area contributed by atoms with Gasteiger partial charge in [0.15, 0.2) is 5.75 Å². The Morgan fingerprint density at radius 2 is 2.09 bits per heavy atom. The number of nitrogens with zero attached hydrogens (tertiary/aromatic N) is 2. The molecular weight excluding hydrogens is 422 g/mol. The molecule has 1 aromatic carbocycles. The van der Waals surface area contributed by atoms with Crippen molar-refractivity contribution < 1.29 is 27.8 Å². The molecule has 0 unspecified atom stereocenters. The highest BCUT2D eigenvalue weighted by Gasteiger charge is 2.37. The van der Waals surface area contributed by atoms with E-state index in [9.17, 15) is 18.4 Å². The van der Waals surface area contributed by atoms with Crippen molar-refractivity contribution in [1.29, 1.82) is 0 Å². The van der Waals surface area contributed by atoms with Crippen LogP contribution in [-0.2, 0) is 14.3 Å². The topological polar surface area (TPSA) is 97.1 Å². The number of amides is 2. The smallest absolute Gasteiger partial charge is 0.387 e. The van der Waals surface area contributed by atoms with Crippen LogP contribution in [0.25, 0.3) is 0 Å². The first-order valence-electron chi connectivity index (χ1n) is 11.2. The number of halogens is 2. The monoisotopic (exact) mass is 452 g/mol. The summed E-state index contributed by atoms with van der Waals surface area (Å²) in [5, 5.41) is 2.74. The summed E-state index contributed by atoms with van der Waals surface area (Å²) < 4.78 is 36.0. The lowest BCUT2D eigenvalue weighted by molar-refractivity contribution is -0.125. The maximum absolute atomic E-state index is 13.2. The molecule has 0 aromatic heterocycles. The summed E-state index contributed by atoms with van der Waals surface area (Å²) in [6.07, 6.45) is 5.54. The van der Waals surface area contributed by atoms with Gasteiger partial charge in [0.25, 0.3) is 5.91 Å². The van der Waals surface area contributed by atoms with E-state index in [0.717, 1.165) is 38.6 Å². The fourth-order valence-electron chi connectivity index (χ4n) is 4.22. The van der Waals surface area contributed by atoms with Crippen molar-refractivity contribution in [1.82, 2.24) is 4.90 Å². The highest BCUT2D eigenvalue weighted by Crippen LogP contribution is 2.36. The van der Waals surface area contributed by atoms with Crippen LogP contribution in [0.5, 0.6) is 5.75 Å². The highest BCUT2D eigenvalue weighted by atomic mass is 19.3. The van der Waals surface area contributed by atoms with Gasteiger partial charge in [-0.25, -0.2) is 0 Å². The number of hydrogen-bond donors (Lipinski definition) is 2. The van der Waals surface area contributed by atoms with Crippen molar-refractivity contribution in [2.75, 3.05) is 43.1 Å². The third kappa shape index (κ3) is 5.36. The first-order chi connectivity index (χ1) is 15.5. The average Bonchev–Trinajstić information content (AvgIpc) is 3.53. The quantitative estimate of drug-likeness (QED) is 0.565. The largest absolute Gasteiger partial charge is 0.433 e. The molecule has 0 radical (unpaired) electrons. The Kier molecular flexibility index (Phi) is 7.22. The van der Waals surface area contributed by atoms with Crippen LogP contribution >= 0.6 is 0 Å². The number of benzene rings is 1. The standard InChI is InChI=1S/C22H30F2N4O4/c23-22(24)32-19-10-16(27-8-9-31-13-20(27)29)6-7-17(19)26-21(30)18(11-25)28(12-14-4-5-14)15-2-1-3-15/h6-7,10,14-15,18,22H,1-5,8-9,11-13,25H2,(H,26,30)/t18-/m1/s1. The number of carbonyl (C=O) groups is 2. The molecule has 3 aliphatic rings. The molecule has 1 heterocycles. The molecule has 176 valence electrons. The summed E-state index contributed by atoms with van der Waals surface area (Å²) in [6.45, 7) is -1.51. The Bertz CT molecular complexity index is 832. The molecule has 1 aromatic rings. The predicted molar refractivity (Wildman–Crippen MR) is 115 cm³/mol. The van der Waals surface area contributed by atoms with Gasteiger partial charge in [-0.05, 0) is 43.7 Å². The van der Waals surface area contributed by atoms with Crippen LogP contribution in [0.2, 0.25) is 0 Å². The second kappa shape index (κ2) is 10.1. The van der Waals surface area contributed by atoms with Crippen molar-refractivity contribution in [2.24, 2.45) is 11.7 Å². The van der Waals surface area contributed by atoms with E-state index < -0.39 is 12.7 Å². The molecule has 4 rings (SSSR count). The maximum Gasteiger partial charge on any atom is 0.387 e. The molecule has 3 N–H and O–H groups in total. The SMILES string of the molecule is NC[C@H](C(=O)Nc1ccc(N2CCOCC2=O)cc1OC(F)F)N(CC1CC1)C1CCC1. The minimum Gasteiger partial charge on any atom is -0.433 e. The third-order valence-electron chi connectivity index (χ3n) is 6.37. The van der Waals surface area contributed by atoms with Gasteiger partial charge in [0.1, 0.15) is 12.6 Å². The van der Waals surface area contributed by atoms with E-state index in [1.165, 1.54) is 17.0 Å². The van der Waals surface area contributed by atoms with Crippen LogP contribution in [0, 0.1) is 5.92 Å². The Hall–Kier alpha value is -2.30. The lowest BCUT2D eigenvalue weighted by Gasteiger charge is -2.41. The van der Waals surface area contributed by atoms with Gasteiger partial charge >= 0.3 is 6.61 Å². The van der Waals surface area contributed by atoms with E-state index in [1.807, 2.05) is 0 Å². The van der Waals surface area contributed by atoms with Gasteiger partial charge in [0.05, 0.1) is 12.3 Å². The number of carbonyl (C=O) groups excluding carboxylic acids is 2. The van der Waals surface area contributed by atoms with Crippen LogP contribution in [-0.4, -0.2) is 68.3 Å². The molecule has 1 aliphatic heterocycles. The maximum atomic E-state index is 13.2. The van der Waals surface area contributed by atoms with Gasteiger partial charge < -0.3 is 25.4 Å². The van der Waals surface area contributed by atoms with E-state index in [4.69, 9.17) is 10.5 Å². The minimum atomic E-state index is -3.08. The fourth-order valence-corrected chi connectivity index (χ4v) is 4.22. The first-order valence-corrected chi connectivity index (χ1v) is 11.2. The van der Waals surface area contributed by atoms with Gasteiger partial charge in [-0.15, -0.1) is 0 Å². The highest BCUT2D eigenvalue weighted by molar-refractivity contribution is 5.98. The molecule has 0 spiro atoms. The van der Waals surface area contributed by atoms with Gasteiger partial charge in [-0.1, -0.05) is 6.42 Å². The number of hydrogen-bond acceptors (Lipinski definition) is 6. The van der Waals surface area contributed by atoms with Crippen LogP contribution in [0.4, 0.5) is 20.2 Å². The van der Waals surface area contributed by atoms with E-state index in [2.05, 4.69) is 15.0 Å².